The minimum atomic E-state index is -0.639. The van der Waals surface area contributed by atoms with Gasteiger partial charge in [-0.25, -0.2) is 0 Å². The van der Waals surface area contributed by atoms with E-state index in [4.69, 9.17) is 9.47 Å². The normalized spacial score (nSPS) is 15.3. The van der Waals surface area contributed by atoms with Crippen molar-refractivity contribution in [3.8, 4) is 5.75 Å². The highest BCUT2D eigenvalue weighted by Gasteiger charge is 2.24. The predicted molar refractivity (Wildman–Crippen MR) is 109 cm³/mol. The molecule has 2 aromatic carbocycles. The number of morpholine rings is 1. The number of nitrogens with one attached hydrogen (secondary N) is 2. The quantitative estimate of drug-likeness (QED) is 0.693. The van der Waals surface area contributed by atoms with Gasteiger partial charge in [0.2, 0.25) is 0 Å². The molecule has 1 aliphatic heterocycles. The Morgan fingerprint density at radius 2 is 1.76 bits per heavy atom. The van der Waals surface area contributed by atoms with Crippen molar-refractivity contribution in [2.75, 3.05) is 40.0 Å². The Bertz CT molecular complexity index is 807. The Balaban J connectivity index is 1.61. The maximum absolute atomic E-state index is 12.3. The third-order valence-electron chi connectivity index (χ3n) is 4.92. The molecule has 0 unspecified atom stereocenters. The van der Waals surface area contributed by atoms with Gasteiger partial charge in [0.15, 0.2) is 0 Å². The van der Waals surface area contributed by atoms with E-state index in [-0.39, 0.29) is 6.04 Å². The van der Waals surface area contributed by atoms with Crippen molar-refractivity contribution in [1.29, 1.82) is 0 Å². The molecule has 0 spiro atoms. The molecule has 29 heavy (non-hydrogen) atoms. The van der Waals surface area contributed by atoms with Crippen LogP contribution >= 0.6 is 0 Å². The zero-order valence-electron chi connectivity index (χ0n) is 16.6. The van der Waals surface area contributed by atoms with Gasteiger partial charge in [0.25, 0.3) is 0 Å². The molecular weight excluding hydrogens is 370 g/mol. The van der Waals surface area contributed by atoms with Gasteiger partial charge in [0, 0.05) is 26.2 Å². The lowest BCUT2D eigenvalue weighted by molar-refractivity contribution is -0.139. The molecule has 0 aliphatic carbocycles. The number of amides is 2. The van der Waals surface area contributed by atoms with Crippen LogP contribution < -0.4 is 15.4 Å². The lowest BCUT2D eigenvalue weighted by Gasteiger charge is -2.35. The largest absolute Gasteiger partial charge is 0.497 e. The van der Waals surface area contributed by atoms with Crippen LogP contribution in [-0.4, -0.2) is 56.7 Å². The summed E-state index contributed by atoms with van der Waals surface area (Å²) in [6.45, 7) is 3.45. The van der Waals surface area contributed by atoms with Gasteiger partial charge in [-0.15, -0.1) is 0 Å². The summed E-state index contributed by atoms with van der Waals surface area (Å²) in [4.78, 5) is 26.7. The number of rotatable bonds is 7. The topological polar surface area (TPSA) is 79.9 Å². The Labute approximate surface area is 171 Å². The fraction of sp³-hybridized carbons (Fsp3) is 0.364. The highest BCUT2D eigenvalue weighted by molar-refractivity contribution is 6.35. The van der Waals surface area contributed by atoms with Crippen molar-refractivity contribution in [2.45, 2.75) is 12.6 Å². The summed E-state index contributed by atoms with van der Waals surface area (Å²) >= 11 is 0. The van der Waals surface area contributed by atoms with E-state index in [1.165, 1.54) is 0 Å². The molecule has 0 radical (unpaired) electrons. The minimum Gasteiger partial charge on any atom is -0.497 e. The summed E-state index contributed by atoms with van der Waals surface area (Å²) < 4.78 is 10.8. The van der Waals surface area contributed by atoms with Crippen molar-refractivity contribution in [3.05, 3.63) is 65.7 Å². The standard InChI is InChI=1S/C22H27N3O4/c1-28-19-9-5-8-18(14-19)20(25-10-12-29-13-11-25)16-24-22(27)21(26)23-15-17-6-3-2-4-7-17/h2-9,14,20H,10-13,15-16H2,1H3,(H,23,26)(H,24,27)/t20-/m0/s1. The zero-order chi connectivity index (χ0) is 20.5. The first kappa shape index (κ1) is 20.8. The number of hydrogen-bond acceptors (Lipinski definition) is 5. The summed E-state index contributed by atoms with van der Waals surface area (Å²) in [7, 11) is 1.63. The molecule has 0 aromatic heterocycles. The highest BCUT2D eigenvalue weighted by Crippen LogP contribution is 2.24. The third-order valence-corrected chi connectivity index (χ3v) is 4.92. The molecule has 154 valence electrons. The number of ether oxygens (including phenoxy) is 2. The first-order chi connectivity index (χ1) is 14.2. The average molecular weight is 397 g/mol. The van der Waals surface area contributed by atoms with Gasteiger partial charge >= 0.3 is 11.8 Å². The smallest absolute Gasteiger partial charge is 0.309 e. The molecule has 1 fully saturated rings. The zero-order valence-corrected chi connectivity index (χ0v) is 16.6. The van der Waals surface area contributed by atoms with Crippen LogP contribution in [0.2, 0.25) is 0 Å². The number of methoxy groups -OCH3 is 1. The van der Waals surface area contributed by atoms with Crippen molar-refractivity contribution in [2.24, 2.45) is 0 Å². The molecule has 0 saturated carbocycles. The summed E-state index contributed by atoms with van der Waals surface area (Å²) in [5, 5.41) is 5.43. The maximum Gasteiger partial charge on any atom is 0.309 e. The van der Waals surface area contributed by atoms with E-state index in [1.54, 1.807) is 7.11 Å². The predicted octanol–water partition coefficient (Wildman–Crippen LogP) is 1.50. The van der Waals surface area contributed by atoms with Crippen LogP contribution in [0.1, 0.15) is 17.2 Å². The first-order valence-corrected chi connectivity index (χ1v) is 9.73. The molecule has 3 rings (SSSR count). The minimum absolute atomic E-state index is 0.0696. The van der Waals surface area contributed by atoms with E-state index >= 15 is 0 Å². The molecular formula is C22H27N3O4. The monoisotopic (exact) mass is 397 g/mol. The fourth-order valence-electron chi connectivity index (χ4n) is 3.32. The Morgan fingerprint density at radius 1 is 1.03 bits per heavy atom. The van der Waals surface area contributed by atoms with Crippen molar-refractivity contribution in [1.82, 2.24) is 15.5 Å². The van der Waals surface area contributed by atoms with E-state index in [0.29, 0.717) is 26.3 Å². The molecule has 1 atom stereocenters. The number of carbonyl (C=O) groups excluding carboxylic acids is 2. The molecule has 7 nitrogen and oxygen atoms in total. The first-order valence-electron chi connectivity index (χ1n) is 9.73. The second-order valence-corrected chi connectivity index (χ2v) is 6.82. The SMILES string of the molecule is COc1cccc([C@H](CNC(=O)C(=O)NCc2ccccc2)N2CCOCC2)c1. The van der Waals surface area contributed by atoms with Gasteiger partial charge in [0.1, 0.15) is 5.75 Å². The van der Waals surface area contributed by atoms with E-state index < -0.39 is 11.8 Å². The highest BCUT2D eigenvalue weighted by atomic mass is 16.5. The molecule has 1 aliphatic rings. The molecule has 1 saturated heterocycles. The van der Waals surface area contributed by atoms with Crippen LogP contribution in [0.25, 0.3) is 0 Å². The molecule has 2 N–H and O–H groups in total. The van der Waals surface area contributed by atoms with E-state index in [1.807, 2.05) is 54.6 Å². The van der Waals surface area contributed by atoms with E-state index in [9.17, 15) is 9.59 Å². The second-order valence-electron chi connectivity index (χ2n) is 6.82. The Hall–Kier alpha value is -2.90. The third kappa shape index (κ3) is 6.04. The van der Waals surface area contributed by atoms with Crippen LogP contribution in [0.3, 0.4) is 0 Å². The van der Waals surface area contributed by atoms with Crippen LogP contribution in [0.4, 0.5) is 0 Å². The van der Waals surface area contributed by atoms with E-state index in [0.717, 1.165) is 30.0 Å². The lowest BCUT2D eigenvalue weighted by atomic mass is 10.0. The van der Waals surface area contributed by atoms with Gasteiger partial charge in [-0.05, 0) is 23.3 Å². The van der Waals surface area contributed by atoms with Gasteiger partial charge in [-0.3, -0.25) is 14.5 Å². The molecule has 1 heterocycles. The van der Waals surface area contributed by atoms with Gasteiger partial charge < -0.3 is 20.1 Å². The molecule has 2 amide bonds. The number of hydrogen-bond donors (Lipinski definition) is 2. The number of carbonyl (C=O) groups is 2. The summed E-state index contributed by atoms with van der Waals surface area (Å²) in [6.07, 6.45) is 0. The van der Waals surface area contributed by atoms with Gasteiger partial charge in [-0.2, -0.15) is 0 Å². The average Bonchev–Trinajstić information content (AvgIpc) is 2.79. The molecule has 2 aromatic rings. The summed E-state index contributed by atoms with van der Waals surface area (Å²) in [5.41, 5.74) is 1.97. The fourth-order valence-corrected chi connectivity index (χ4v) is 3.32. The second kappa shape index (κ2) is 10.6. The molecule has 7 heteroatoms. The van der Waals surface area contributed by atoms with Gasteiger partial charge in [-0.1, -0.05) is 42.5 Å². The Kier molecular flexibility index (Phi) is 7.61. The van der Waals surface area contributed by atoms with Crippen LogP contribution in [0.15, 0.2) is 54.6 Å². The van der Waals surface area contributed by atoms with Crippen molar-refractivity contribution < 1.29 is 19.1 Å². The molecule has 0 bridgehead atoms. The van der Waals surface area contributed by atoms with E-state index in [2.05, 4.69) is 15.5 Å². The summed E-state index contributed by atoms with van der Waals surface area (Å²) in [5.74, 6) is -0.519. The summed E-state index contributed by atoms with van der Waals surface area (Å²) in [6, 6.07) is 17.2. The maximum atomic E-state index is 12.3. The number of nitrogens with zero attached hydrogens (tertiary/aromatic N) is 1. The van der Waals surface area contributed by atoms with Crippen molar-refractivity contribution in [3.63, 3.8) is 0 Å². The Morgan fingerprint density at radius 3 is 2.48 bits per heavy atom. The van der Waals surface area contributed by atoms with Crippen LogP contribution in [0.5, 0.6) is 5.75 Å². The van der Waals surface area contributed by atoms with Crippen LogP contribution in [-0.2, 0) is 20.9 Å². The van der Waals surface area contributed by atoms with Gasteiger partial charge in [0.05, 0.1) is 26.4 Å². The van der Waals surface area contributed by atoms with Crippen LogP contribution in [0, 0.1) is 0 Å². The number of benzene rings is 2. The van der Waals surface area contributed by atoms with Crippen molar-refractivity contribution >= 4 is 11.8 Å². The lowest BCUT2D eigenvalue weighted by Crippen LogP contribution is -2.46.